The minimum atomic E-state index is -2.14. The van der Waals surface area contributed by atoms with Crippen molar-refractivity contribution in [3.63, 3.8) is 0 Å². The van der Waals surface area contributed by atoms with Crippen LogP contribution in [-0.4, -0.2) is 56.9 Å². The van der Waals surface area contributed by atoms with Gasteiger partial charge in [-0.25, -0.2) is 0 Å². The van der Waals surface area contributed by atoms with Crippen LogP contribution in [0, 0.1) is 0 Å². The topological polar surface area (TPSA) is 55.9 Å². The van der Waals surface area contributed by atoms with Crippen LogP contribution in [0.4, 0.5) is 85.3 Å². The number of anilines is 15. The number of hydrogen-bond acceptors (Lipinski definition) is 11. The van der Waals surface area contributed by atoms with Gasteiger partial charge in [-0.05, 0) is 172 Å². The molecule has 22 rings (SSSR count). The van der Waals surface area contributed by atoms with Crippen molar-refractivity contribution < 1.29 is 14.2 Å². The first-order valence-corrected chi connectivity index (χ1v) is 47.2. The molecule has 0 radical (unpaired) electrons. The average Bonchev–Trinajstić information content (AvgIpc) is 0.686. The minimum absolute atomic E-state index is 0.141. The average molecular weight is 1410 g/mol. The standard InChI is InChI=1S/C86H67B3N6O3S2Si3/c1-99-94-68-49-60-56(87-54-25-9-17-33-72(54)96-75-44-51(41-61(90-60)84(75)87)91-62-27-11-19-35-78(62)101(3,4)79-36-20-12-28-63(79)91)47-57(68)89-58-48-59-74(50-69(58)95(100-2)71-43-52(42-70(94)85(71)89)92-64-29-13-21-37-80(64)102(5,6)81-38-22-14-30-65(81)92)98-77-46-53(45-76-86(77)88(59)55-26-10-18-34-73(55)97-76)93-66-31-15-23-39-82(66)103(7,8)83-40-24-16-32-67(83)93/h9-50,90H,1-8H3. The van der Waals surface area contributed by atoms with Gasteiger partial charge in [0, 0.05) is 93.4 Å². The van der Waals surface area contributed by atoms with Gasteiger partial charge in [0.25, 0.3) is 20.1 Å². The molecule has 0 saturated carbocycles. The second kappa shape index (κ2) is 21.4. The third kappa shape index (κ3) is 8.09. The normalized spacial score (nSPS) is 16.2. The monoisotopic (exact) mass is 1410 g/mol. The third-order valence-corrected chi connectivity index (χ3v) is 36.3. The molecule has 9 aliphatic heterocycles. The molecule has 9 aliphatic rings. The molecule has 17 heteroatoms. The lowest BCUT2D eigenvalue weighted by molar-refractivity contribution is 0.465. The SMILES string of the molecule is CSN1c2cc3c(cc2B2c4cc5c(cc4N(SC)c4cc(N6c7ccccc7[Si](C)(C)c7ccccc76)cc1c42)Oc1cc(N2c4ccccc4[Si](C)(C)c4ccccc42)cc2c1B5c1ccccc1O2)B1c2ccccc2Oc2cc(N4c5ccccc5[Si](C)(C)c5ccccc54)cc(c21)N3. The van der Waals surface area contributed by atoms with E-state index in [0.29, 0.717) is 0 Å². The van der Waals surface area contributed by atoms with Crippen molar-refractivity contribution in [3.8, 4) is 34.5 Å². The maximum Gasteiger partial charge on any atom is 0.260 e. The number of para-hydroxylation sites is 8. The van der Waals surface area contributed by atoms with E-state index in [-0.39, 0.29) is 20.1 Å². The Labute approximate surface area is 613 Å². The smallest absolute Gasteiger partial charge is 0.260 e. The summed E-state index contributed by atoms with van der Waals surface area (Å²) >= 11 is 3.54. The lowest BCUT2D eigenvalue weighted by Gasteiger charge is -2.46. The fourth-order valence-corrected chi connectivity index (χ4v) is 29.9. The summed E-state index contributed by atoms with van der Waals surface area (Å²) in [4.78, 5) is 7.50. The Hall–Kier alpha value is -10.4. The van der Waals surface area contributed by atoms with Crippen molar-refractivity contribution in [1.29, 1.82) is 0 Å². The number of benzene rings is 13. The molecule has 0 atom stereocenters. The molecular formula is C86H67B3N6O3S2Si3. The lowest BCUT2D eigenvalue weighted by Crippen LogP contribution is -2.65. The second-order valence-corrected chi connectivity index (χ2v) is 44.8. The van der Waals surface area contributed by atoms with Gasteiger partial charge in [0.15, 0.2) is 0 Å². The Morgan fingerprint density at radius 1 is 0.272 bits per heavy atom. The summed E-state index contributed by atoms with van der Waals surface area (Å²) in [5, 5.41) is 12.7. The van der Waals surface area contributed by atoms with Gasteiger partial charge in [0.1, 0.15) is 58.7 Å². The quantitative estimate of drug-likeness (QED) is 0.132. The summed E-state index contributed by atoms with van der Waals surface area (Å²) in [7, 11) is -6.30. The van der Waals surface area contributed by atoms with Crippen molar-refractivity contribution in [1.82, 2.24) is 0 Å². The summed E-state index contributed by atoms with van der Waals surface area (Å²) in [5.74, 6) is 5.06. The minimum Gasteiger partial charge on any atom is -0.458 e. The molecule has 0 aromatic heterocycles. The van der Waals surface area contributed by atoms with Gasteiger partial charge in [-0.3, -0.25) is 8.61 Å². The van der Waals surface area contributed by atoms with Crippen LogP contribution in [0.5, 0.6) is 34.5 Å². The predicted octanol–water partition coefficient (Wildman–Crippen LogP) is 12.9. The van der Waals surface area contributed by atoms with E-state index in [2.05, 4.69) is 335 Å². The molecule has 0 amide bonds. The van der Waals surface area contributed by atoms with Crippen molar-refractivity contribution in [2.75, 3.05) is 41.1 Å². The summed E-state index contributed by atoms with van der Waals surface area (Å²) < 4.78 is 27.2. The van der Waals surface area contributed by atoms with Crippen LogP contribution < -0.4 is 123 Å². The highest BCUT2D eigenvalue weighted by Gasteiger charge is 2.51. The van der Waals surface area contributed by atoms with Gasteiger partial charge >= 0.3 is 0 Å². The van der Waals surface area contributed by atoms with E-state index in [1.165, 1.54) is 92.8 Å². The van der Waals surface area contributed by atoms with Crippen LogP contribution in [0.15, 0.2) is 255 Å². The highest BCUT2D eigenvalue weighted by atomic mass is 32.2. The van der Waals surface area contributed by atoms with Crippen LogP contribution in [0.25, 0.3) is 0 Å². The van der Waals surface area contributed by atoms with Crippen LogP contribution in [0.2, 0.25) is 39.3 Å². The lowest BCUT2D eigenvalue weighted by atomic mass is 9.29. The molecule has 0 spiro atoms. The maximum absolute atomic E-state index is 7.67. The Morgan fingerprint density at radius 3 is 1.05 bits per heavy atom. The molecule has 0 fully saturated rings. The molecule has 13 aromatic carbocycles. The largest absolute Gasteiger partial charge is 0.458 e. The van der Waals surface area contributed by atoms with Crippen molar-refractivity contribution in [2.24, 2.45) is 0 Å². The van der Waals surface area contributed by atoms with Gasteiger partial charge < -0.3 is 34.2 Å². The van der Waals surface area contributed by atoms with Gasteiger partial charge in [0.05, 0.1) is 34.1 Å². The Balaban J connectivity index is 0.772. The van der Waals surface area contributed by atoms with E-state index in [1.807, 2.05) is 0 Å². The highest BCUT2D eigenvalue weighted by Crippen LogP contribution is 2.52. The summed E-state index contributed by atoms with van der Waals surface area (Å²) in [6.07, 6.45) is 4.49. The molecule has 0 saturated heterocycles. The molecule has 0 bridgehead atoms. The Kier molecular flexibility index (Phi) is 12.5. The van der Waals surface area contributed by atoms with Gasteiger partial charge in [-0.2, -0.15) is 0 Å². The number of fused-ring (bicyclic) bond motifs is 18. The zero-order chi connectivity index (χ0) is 68.8. The van der Waals surface area contributed by atoms with Gasteiger partial charge in [0.2, 0.25) is 0 Å². The first kappa shape index (κ1) is 60.2. The van der Waals surface area contributed by atoms with Crippen molar-refractivity contribution >= 4 is 234 Å². The van der Waals surface area contributed by atoms with Gasteiger partial charge in [-0.1, -0.05) is 197 Å². The summed E-state index contributed by atoms with van der Waals surface area (Å²) in [5.41, 5.74) is 27.9. The zero-order valence-corrected chi connectivity index (χ0v) is 62.9. The molecular weight excluding hydrogens is 1350 g/mol. The van der Waals surface area contributed by atoms with Crippen LogP contribution in [-0.2, 0) is 0 Å². The molecule has 13 aromatic rings. The van der Waals surface area contributed by atoms with E-state index in [9.17, 15) is 0 Å². The van der Waals surface area contributed by atoms with E-state index in [0.717, 1.165) is 107 Å². The fourth-order valence-electron chi connectivity index (χ4n) is 19.5. The van der Waals surface area contributed by atoms with Crippen LogP contribution >= 0.6 is 23.9 Å². The zero-order valence-electron chi connectivity index (χ0n) is 58.3. The number of nitrogens with zero attached hydrogens (tertiary/aromatic N) is 5. The molecule has 103 heavy (non-hydrogen) atoms. The second-order valence-electron chi connectivity index (χ2n) is 30.3. The molecule has 0 aliphatic carbocycles. The van der Waals surface area contributed by atoms with E-state index in [4.69, 9.17) is 14.2 Å². The number of ether oxygens (including phenoxy) is 3. The first-order valence-electron chi connectivity index (χ1n) is 35.8. The molecule has 1 N–H and O–H groups in total. The fraction of sp³-hybridized carbons (Fsp3) is 0.0930. The van der Waals surface area contributed by atoms with Crippen LogP contribution in [0.3, 0.4) is 0 Å². The van der Waals surface area contributed by atoms with Crippen molar-refractivity contribution in [3.05, 3.63) is 255 Å². The number of rotatable bonds is 5. The predicted molar refractivity (Wildman–Crippen MR) is 448 cm³/mol. The van der Waals surface area contributed by atoms with E-state index >= 15 is 0 Å². The molecule has 0 unspecified atom stereocenters. The number of nitrogens with one attached hydrogen (secondary N) is 1. The van der Waals surface area contributed by atoms with Crippen LogP contribution in [0.1, 0.15) is 0 Å². The Bertz CT molecular complexity index is 5540. The Morgan fingerprint density at radius 2 is 0.612 bits per heavy atom. The molecule has 9 nitrogen and oxygen atoms in total. The van der Waals surface area contributed by atoms with E-state index in [1.54, 1.807) is 23.9 Å². The third-order valence-electron chi connectivity index (χ3n) is 24.1. The van der Waals surface area contributed by atoms with Gasteiger partial charge in [-0.15, -0.1) is 0 Å². The number of hydrogen-bond donors (Lipinski definition) is 1. The van der Waals surface area contributed by atoms with Crippen molar-refractivity contribution in [2.45, 2.75) is 39.3 Å². The summed E-state index contributed by atoms with van der Waals surface area (Å²) in [6, 6.07) is 96.3. The summed E-state index contributed by atoms with van der Waals surface area (Å²) in [6.45, 7) is 14.4. The highest BCUT2D eigenvalue weighted by molar-refractivity contribution is 8.00. The maximum atomic E-state index is 7.67. The molecule has 9 heterocycles. The molecule has 492 valence electrons. The first-order chi connectivity index (χ1) is 50.3. The van der Waals surface area contributed by atoms with E-state index < -0.39 is 24.2 Å².